The molecule has 0 atom stereocenters. The molecule has 3 aromatic rings. The molecule has 166 valence electrons. The Morgan fingerprint density at radius 3 is 2.34 bits per heavy atom. The molecular weight excluding hydrogens is 435 g/mol. The van der Waals surface area contributed by atoms with Gasteiger partial charge in [-0.1, -0.05) is 12.1 Å². The van der Waals surface area contributed by atoms with Crippen LogP contribution in [0.25, 0.3) is 0 Å². The quantitative estimate of drug-likeness (QED) is 0.583. The summed E-state index contributed by atoms with van der Waals surface area (Å²) in [5.41, 5.74) is 1.53. The number of sulfone groups is 1. The molecule has 3 aromatic carbocycles. The summed E-state index contributed by atoms with van der Waals surface area (Å²) in [6.07, 6.45) is 1.07. The normalized spacial score (nSPS) is 11.0. The lowest BCUT2D eigenvalue weighted by Gasteiger charge is -2.14. The van der Waals surface area contributed by atoms with E-state index in [2.05, 4.69) is 10.6 Å². The summed E-state index contributed by atoms with van der Waals surface area (Å²) in [5.74, 6) is -1.27. The first kappa shape index (κ1) is 23.0. The highest BCUT2D eigenvalue weighted by Crippen LogP contribution is 2.29. The minimum absolute atomic E-state index is 0.0334. The molecule has 0 aliphatic carbocycles. The Morgan fingerprint density at radius 2 is 1.69 bits per heavy atom. The smallest absolute Gasteiger partial charge is 0.255 e. The second-order valence-corrected chi connectivity index (χ2v) is 9.10. The van der Waals surface area contributed by atoms with Crippen molar-refractivity contribution in [3.8, 4) is 5.75 Å². The maximum Gasteiger partial charge on any atom is 0.255 e. The van der Waals surface area contributed by atoms with E-state index in [1.165, 1.54) is 43.5 Å². The summed E-state index contributed by atoms with van der Waals surface area (Å²) < 4.78 is 42.3. The lowest BCUT2D eigenvalue weighted by Crippen LogP contribution is -2.16. The van der Waals surface area contributed by atoms with Gasteiger partial charge in [-0.3, -0.25) is 9.59 Å². The van der Waals surface area contributed by atoms with Gasteiger partial charge in [0.1, 0.15) is 11.6 Å². The van der Waals surface area contributed by atoms with Gasteiger partial charge in [0.2, 0.25) is 0 Å². The zero-order valence-electron chi connectivity index (χ0n) is 17.6. The van der Waals surface area contributed by atoms with Gasteiger partial charge in [-0.2, -0.15) is 0 Å². The zero-order chi connectivity index (χ0) is 23.5. The number of amides is 2. The fourth-order valence-electron chi connectivity index (χ4n) is 2.98. The maximum atomic E-state index is 13.4. The summed E-state index contributed by atoms with van der Waals surface area (Å²) in [7, 11) is -2.06. The molecule has 0 bridgehead atoms. The molecule has 0 unspecified atom stereocenters. The number of ether oxygens (including phenoxy) is 1. The third kappa shape index (κ3) is 5.30. The summed E-state index contributed by atoms with van der Waals surface area (Å²) >= 11 is 0. The highest BCUT2D eigenvalue weighted by atomic mass is 32.2. The van der Waals surface area contributed by atoms with E-state index in [1.807, 2.05) is 0 Å². The minimum Gasteiger partial charge on any atom is -0.495 e. The average molecular weight is 456 g/mol. The number of hydrogen-bond acceptors (Lipinski definition) is 5. The van der Waals surface area contributed by atoms with Crippen LogP contribution in [0.1, 0.15) is 26.3 Å². The van der Waals surface area contributed by atoms with E-state index in [9.17, 15) is 22.4 Å². The third-order valence-electron chi connectivity index (χ3n) is 4.67. The second-order valence-electron chi connectivity index (χ2n) is 7.08. The summed E-state index contributed by atoms with van der Waals surface area (Å²) in [5, 5.41) is 5.33. The number of halogens is 1. The Hall–Kier alpha value is -3.72. The number of anilines is 2. The summed E-state index contributed by atoms with van der Waals surface area (Å²) in [6, 6.07) is 14.2. The Kier molecular flexibility index (Phi) is 6.59. The average Bonchev–Trinajstić information content (AvgIpc) is 2.73. The lowest BCUT2D eigenvalue weighted by atomic mass is 10.1. The van der Waals surface area contributed by atoms with Gasteiger partial charge in [0.05, 0.1) is 17.7 Å². The van der Waals surface area contributed by atoms with Gasteiger partial charge in [0, 0.05) is 23.1 Å². The van der Waals surface area contributed by atoms with E-state index in [0.29, 0.717) is 17.0 Å². The SMILES string of the molecule is COc1ccc(NC(=O)c2cc(S(C)(=O)=O)ccc2C)cc1NC(=O)c1cccc(F)c1. The number of hydrogen-bond donors (Lipinski definition) is 2. The molecule has 0 aliphatic heterocycles. The number of carbonyl (C=O) groups excluding carboxylic acids is 2. The van der Waals surface area contributed by atoms with Crippen molar-refractivity contribution < 1.29 is 27.1 Å². The number of benzene rings is 3. The first-order valence-corrected chi connectivity index (χ1v) is 11.3. The molecule has 7 nitrogen and oxygen atoms in total. The van der Waals surface area contributed by atoms with Gasteiger partial charge >= 0.3 is 0 Å². The van der Waals surface area contributed by atoms with Crippen molar-refractivity contribution in [2.24, 2.45) is 0 Å². The number of rotatable bonds is 6. The highest BCUT2D eigenvalue weighted by molar-refractivity contribution is 7.90. The Balaban J connectivity index is 1.87. The van der Waals surface area contributed by atoms with Crippen LogP contribution in [0.3, 0.4) is 0 Å². The molecule has 0 fully saturated rings. The number of aryl methyl sites for hydroxylation is 1. The third-order valence-corrected chi connectivity index (χ3v) is 5.78. The molecule has 0 aromatic heterocycles. The van der Waals surface area contributed by atoms with E-state index in [-0.39, 0.29) is 21.7 Å². The summed E-state index contributed by atoms with van der Waals surface area (Å²) in [6.45, 7) is 1.69. The van der Waals surface area contributed by atoms with Crippen LogP contribution in [0.4, 0.5) is 15.8 Å². The highest BCUT2D eigenvalue weighted by Gasteiger charge is 2.16. The van der Waals surface area contributed by atoms with Gasteiger partial charge < -0.3 is 15.4 Å². The molecule has 3 rings (SSSR count). The number of methoxy groups -OCH3 is 1. The van der Waals surface area contributed by atoms with E-state index in [4.69, 9.17) is 4.74 Å². The van der Waals surface area contributed by atoms with Crippen LogP contribution >= 0.6 is 0 Å². The zero-order valence-corrected chi connectivity index (χ0v) is 18.4. The van der Waals surface area contributed by atoms with E-state index < -0.39 is 27.5 Å². The predicted octanol–water partition coefficient (Wildman–Crippen LogP) is 4.05. The number of carbonyl (C=O) groups is 2. The first-order valence-electron chi connectivity index (χ1n) is 9.45. The van der Waals surface area contributed by atoms with Crippen molar-refractivity contribution in [2.45, 2.75) is 11.8 Å². The van der Waals surface area contributed by atoms with Gasteiger partial charge in [-0.15, -0.1) is 0 Å². The van der Waals surface area contributed by atoms with Crippen LogP contribution in [0, 0.1) is 12.7 Å². The molecule has 0 saturated carbocycles. The van der Waals surface area contributed by atoms with Gasteiger partial charge in [0.25, 0.3) is 11.8 Å². The standard InChI is InChI=1S/C23H21FN2O5S/c1-14-7-9-18(32(3,29)30)13-19(14)23(28)25-17-8-10-21(31-2)20(12-17)26-22(27)15-5-4-6-16(24)11-15/h4-13H,1-3H3,(H,25,28)(H,26,27). The molecule has 0 saturated heterocycles. The molecular formula is C23H21FN2O5S. The Labute approximate surface area is 185 Å². The van der Waals surface area contributed by atoms with Crippen LogP contribution in [0.15, 0.2) is 65.6 Å². The fraction of sp³-hybridized carbons (Fsp3) is 0.130. The topological polar surface area (TPSA) is 102 Å². The molecule has 0 spiro atoms. The second kappa shape index (κ2) is 9.19. The van der Waals surface area contributed by atoms with E-state index >= 15 is 0 Å². The first-order chi connectivity index (χ1) is 15.1. The van der Waals surface area contributed by atoms with Gasteiger partial charge in [0.15, 0.2) is 9.84 Å². The molecule has 0 radical (unpaired) electrons. The predicted molar refractivity (Wildman–Crippen MR) is 120 cm³/mol. The lowest BCUT2D eigenvalue weighted by molar-refractivity contribution is 0.101. The van der Waals surface area contributed by atoms with Crippen molar-refractivity contribution >= 4 is 33.0 Å². The van der Waals surface area contributed by atoms with E-state index in [1.54, 1.807) is 25.1 Å². The van der Waals surface area contributed by atoms with Crippen LogP contribution in [0.5, 0.6) is 5.75 Å². The molecule has 9 heteroatoms. The largest absolute Gasteiger partial charge is 0.495 e. The van der Waals surface area contributed by atoms with Crippen LogP contribution in [-0.2, 0) is 9.84 Å². The fourth-order valence-corrected chi connectivity index (χ4v) is 3.63. The molecule has 2 amide bonds. The molecule has 32 heavy (non-hydrogen) atoms. The van der Waals surface area contributed by atoms with Crippen molar-refractivity contribution in [3.05, 3.63) is 83.2 Å². The molecule has 0 aliphatic rings. The minimum atomic E-state index is -3.48. The van der Waals surface area contributed by atoms with Crippen molar-refractivity contribution in [1.29, 1.82) is 0 Å². The molecule has 0 heterocycles. The Bertz CT molecular complexity index is 1310. The van der Waals surface area contributed by atoms with E-state index in [0.717, 1.165) is 12.3 Å². The van der Waals surface area contributed by atoms with Crippen molar-refractivity contribution in [1.82, 2.24) is 0 Å². The van der Waals surface area contributed by atoms with Crippen molar-refractivity contribution in [2.75, 3.05) is 24.0 Å². The summed E-state index contributed by atoms with van der Waals surface area (Å²) in [4.78, 5) is 25.3. The van der Waals surface area contributed by atoms with Gasteiger partial charge in [-0.05, 0) is 61.0 Å². The van der Waals surface area contributed by atoms with Crippen LogP contribution in [-0.4, -0.2) is 33.6 Å². The van der Waals surface area contributed by atoms with Gasteiger partial charge in [-0.25, -0.2) is 12.8 Å². The van der Waals surface area contributed by atoms with Crippen LogP contribution in [0.2, 0.25) is 0 Å². The van der Waals surface area contributed by atoms with Crippen LogP contribution < -0.4 is 15.4 Å². The van der Waals surface area contributed by atoms with Crippen molar-refractivity contribution in [3.63, 3.8) is 0 Å². The molecule has 2 N–H and O–H groups in total. The Morgan fingerprint density at radius 1 is 0.938 bits per heavy atom. The monoisotopic (exact) mass is 456 g/mol. The maximum absolute atomic E-state index is 13.4. The number of nitrogens with one attached hydrogen (secondary N) is 2.